The SMILES string of the molecule is O=C(NC1CCCNCC1)c1ccc(F)c(C(F)(F)F)c1. The Hall–Kier alpha value is -1.63. The molecule has 0 radical (unpaired) electrons. The molecule has 1 saturated heterocycles. The predicted octanol–water partition coefficient (Wildman–Crippen LogP) is 2.72. The summed E-state index contributed by atoms with van der Waals surface area (Å²) >= 11 is 0. The van der Waals surface area contributed by atoms with Crippen LogP contribution < -0.4 is 10.6 Å². The number of carbonyl (C=O) groups is 1. The van der Waals surface area contributed by atoms with Crippen molar-refractivity contribution in [3.63, 3.8) is 0 Å². The summed E-state index contributed by atoms with van der Waals surface area (Å²) in [5.41, 5.74) is -1.60. The molecule has 1 aromatic rings. The first-order chi connectivity index (χ1) is 9.88. The highest BCUT2D eigenvalue weighted by Gasteiger charge is 2.34. The first-order valence-corrected chi connectivity index (χ1v) is 6.76. The van der Waals surface area contributed by atoms with Gasteiger partial charge >= 0.3 is 6.18 Å². The van der Waals surface area contributed by atoms with Gasteiger partial charge in [0.15, 0.2) is 0 Å². The van der Waals surface area contributed by atoms with E-state index in [1.807, 2.05) is 0 Å². The molecule has 0 saturated carbocycles. The van der Waals surface area contributed by atoms with Crippen LogP contribution in [-0.4, -0.2) is 25.0 Å². The quantitative estimate of drug-likeness (QED) is 0.825. The fraction of sp³-hybridized carbons (Fsp3) is 0.500. The summed E-state index contributed by atoms with van der Waals surface area (Å²) in [5.74, 6) is -1.98. The lowest BCUT2D eigenvalue weighted by Gasteiger charge is -2.16. The molecule has 1 atom stereocenters. The van der Waals surface area contributed by atoms with Crippen LogP contribution in [0.5, 0.6) is 0 Å². The molecule has 0 aliphatic carbocycles. The van der Waals surface area contributed by atoms with Gasteiger partial charge in [0.25, 0.3) is 5.91 Å². The van der Waals surface area contributed by atoms with Crippen LogP contribution in [-0.2, 0) is 6.18 Å². The highest BCUT2D eigenvalue weighted by Crippen LogP contribution is 2.31. The summed E-state index contributed by atoms with van der Waals surface area (Å²) in [6, 6.07) is 2.22. The zero-order valence-electron chi connectivity index (χ0n) is 11.3. The molecule has 1 unspecified atom stereocenters. The molecule has 21 heavy (non-hydrogen) atoms. The van der Waals surface area contributed by atoms with E-state index in [-0.39, 0.29) is 11.6 Å². The summed E-state index contributed by atoms with van der Waals surface area (Å²) < 4.78 is 51.1. The van der Waals surface area contributed by atoms with E-state index in [1.54, 1.807) is 0 Å². The molecule has 1 aliphatic heterocycles. The van der Waals surface area contributed by atoms with Crippen molar-refractivity contribution in [1.29, 1.82) is 0 Å². The molecule has 2 rings (SSSR count). The first-order valence-electron chi connectivity index (χ1n) is 6.76. The maximum Gasteiger partial charge on any atom is 0.419 e. The van der Waals surface area contributed by atoms with Crippen LogP contribution in [0.4, 0.5) is 17.6 Å². The largest absolute Gasteiger partial charge is 0.419 e. The zero-order chi connectivity index (χ0) is 15.5. The summed E-state index contributed by atoms with van der Waals surface area (Å²) in [6.45, 7) is 1.61. The lowest BCUT2D eigenvalue weighted by Crippen LogP contribution is -2.35. The van der Waals surface area contributed by atoms with Gasteiger partial charge in [-0.2, -0.15) is 13.2 Å². The summed E-state index contributed by atoms with van der Waals surface area (Å²) in [4.78, 5) is 12.0. The third-order valence-electron chi connectivity index (χ3n) is 3.44. The molecule has 0 spiro atoms. The van der Waals surface area contributed by atoms with Gasteiger partial charge in [-0.05, 0) is 50.6 Å². The Morgan fingerprint density at radius 3 is 2.71 bits per heavy atom. The molecule has 116 valence electrons. The lowest BCUT2D eigenvalue weighted by atomic mass is 10.1. The van der Waals surface area contributed by atoms with E-state index in [4.69, 9.17) is 0 Å². The van der Waals surface area contributed by atoms with E-state index in [1.165, 1.54) is 0 Å². The van der Waals surface area contributed by atoms with Gasteiger partial charge in [0.05, 0.1) is 5.56 Å². The number of amides is 1. The van der Waals surface area contributed by atoms with Crippen LogP contribution in [0, 0.1) is 5.82 Å². The van der Waals surface area contributed by atoms with Crippen molar-refractivity contribution in [2.75, 3.05) is 13.1 Å². The Kier molecular flexibility index (Phi) is 4.82. The Labute approximate surface area is 119 Å². The van der Waals surface area contributed by atoms with Gasteiger partial charge in [0, 0.05) is 11.6 Å². The Balaban J connectivity index is 2.12. The molecular formula is C14H16F4N2O. The number of halogens is 4. The molecule has 1 amide bonds. The van der Waals surface area contributed by atoms with Gasteiger partial charge in [0.2, 0.25) is 0 Å². The number of alkyl halides is 3. The normalized spacial score (nSPS) is 19.9. The first kappa shape index (κ1) is 15.8. The van der Waals surface area contributed by atoms with Gasteiger partial charge in [-0.25, -0.2) is 4.39 Å². The Bertz CT molecular complexity index is 508. The van der Waals surface area contributed by atoms with Crippen molar-refractivity contribution in [3.05, 3.63) is 35.1 Å². The zero-order valence-corrected chi connectivity index (χ0v) is 11.3. The topological polar surface area (TPSA) is 41.1 Å². The third-order valence-corrected chi connectivity index (χ3v) is 3.44. The van der Waals surface area contributed by atoms with Crippen LogP contribution >= 0.6 is 0 Å². The van der Waals surface area contributed by atoms with Crippen LogP contribution in [0.2, 0.25) is 0 Å². The summed E-state index contributed by atoms with van der Waals surface area (Å²) in [7, 11) is 0. The van der Waals surface area contributed by atoms with Gasteiger partial charge in [-0.1, -0.05) is 0 Å². The maximum atomic E-state index is 13.2. The van der Waals surface area contributed by atoms with Crippen molar-refractivity contribution < 1.29 is 22.4 Å². The van der Waals surface area contributed by atoms with Crippen LogP contribution in [0.1, 0.15) is 35.2 Å². The van der Waals surface area contributed by atoms with Crippen molar-refractivity contribution in [1.82, 2.24) is 10.6 Å². The lowest BCUT2D eigenvalue weighted by molar-refractivity contribution is -0.140. The number of hydrogen-bond donors (Lipinski definition) is 2. The average Bonchev–Trinajstić information content (AvgIpc) is 2.66. The number of hydrogen-bond acceptors (Lipinski definition) is 2. The molecule has 1 fully saturated rings. The van der Waals surface area contributed by atoms with Gasteiger partial charge in [-0.3, -0.25) is 4.79 Å². The van der Waals surface area contributed by atoms with Gasteiger partial charge in [0.1, 0.15) is 5.82 Å². The van der Waals surface area contributed by atoms with Crippen molar-refractivity contribution in [2.24, 2.45) is 0 Å². The van der Waals surface area contributed by atoms with Gasteiger partial charge in [-0.15, -0.1) is 0 Å². The predicted molar refractivity (Wildman–Crippen MR) is 69.4 cm³/mol. The average molecular weight is 304 g/mol. The summed E-state index contributed by atoms with van der Waals surface area (Å²) in [6.07, 6.45) is -2.43. The number of benzene rings is 1. The maximum absolute atomic E-state index is 13.2. The summed E-state index contributed by atoms with van der Waals surface area (Å²) in [5, 5.41) is 5.88. The molecule has 0 bridgehead atoms. The molecule has 3 nitrogen and oxygen atoms in total. The smallest absolute Gasteiger partial charge is 0.349 e. The van der Waals surface area contributed by atoms with E-state index in [0.717, 1.165) is 38.4 Å². The van der Waals surface area contributed by atoms with Crippen LogP contribution in [0.15, 0.2) is 18.2 Å². The van der Waals surface area contributed by atoms with Crippen molar-refractivity contribution in [3.8, 4) is 0 Å². The third kappa shape index (κ3) is 4.17. The molecule has 1 heterocycles. The van der Waals surface area contributed by atoms with Crippen molar-refractivity contribution >= 4 is 5.91 Å². The van der Waals surface area contributed by atoms with E-state index < -0.39 is 23.5 Å². The number of carbonyl (C=O) groups excluding carboxylic acids is 1. The minimum atomic E-state index is -4.81. The second-order valence-electron chi connectivity index (χ2n) is 5.04. The highest BCUT2D eigenvalue weighted by molar-refractivity contribution is 5.94. The van der Waals surface area contributed by atoms with Crippen LogP contribution in [0.25, 0.3) is 0 Å². The number of nitrogens with one attached hydrogen (secondary N) is 2. The van der Waals surface area contributed by atoms with Crippen molar-refractivity contribution in [2.45, 2.75) is 31.5 Å². The second kappa shape index (κ2) is 6.43. The standard InChI is InChI=1S/C14H16F4N2O/c15-12-4-3-9(8-11(12)14(16,17)18)13(21)20-10-2-1-6-19-7-5-10/h3-4,8,10,19H,1-2,5-7H2,(H,20,21). The van der Waals surface area contributed by atoms with E-state index in [2.05, 4.69) is 10.6 Å². The van der Waals surface area contributed by atoms with E-state index >= 15 is 0 Å². The molecule has 0 aromatic heterocycles. The molecule has 7 heteroatoms. The van der Waals surface area contributed by atoms with Crippen LogP contribution in [0.3, 0.4) is 0 Å². The molecular weight excluding hydrogens is 288 g/mol. The van der Waals surface area contributed by atoms with E-state index in [9.17, 15) is 22.4 Å². The fourth-order valence-corrected chi connectivity index (χ4v) is 2.32. The second-order valence-corrected chi connectivity index (χ2v) is 5.04. The van der Waals surface area contributed by atoms with Gasteiger partial charge < -0.3 is 10.6 Å². The Morgan fingerprint density at radius 2 is 2.00 bits per heavy atom. The Morgan fingerprint density at radius 1 is 1.24 bits per heavy atom. The highest BCUT2D eigenvalue weighted by atomic mass is 19.4. The molecule has 1 aromatic carbocycles. The van der Waals surface area contributed by atoms with E-state index in [0.29, 0.717) is 12.1 Å². The molecule has 2 N–H and O–H groups in total. The molecule has 1 aliphatic rings. The number of rotatable bonds is 2. The minimum Gasteiger partial charge on any atom is -0.349 e. The minimum absolute atomic E-state index is 0.0770. The monoisotopic (exact) mass is 304 g/mol. The fourth-order valence-electron chi connectivity index (χ4n) is 2.32.